The molecule has 1 heterocycles. The smallest absolute Gasteiger partial charge is 0.306 e. The van der Waals surface area contributed by atoms with Gasteiger partial charge in [0, 0.05) is 12.3 Å². The molecule has 0 aliphatic heterocycles. The highest BCUT2D eigenvalue weighted by Crippen LogP contribution is 2.35. The molecule has 1 saturated carbocycles. The summed E-state index contributed by atoms with van der Waals surface area (Å²) in [5.74, 6) is 1.16. The van der Waals surface area contributed by atoms with Gasteiger partial charge < -0.3 is 9.52 Å². The van der Waals surface area contributed by atoms with Crippen molar-refractivity contribution in [3.63, 3.8) is 0 Å². The largest absolute Gasteiger partial charge is 0.481 e. The lowest BCUT2D eigenvalue weighted by atomic mass is 9.89. The summed E-state index contributed by atoms with van der Waals surface area (Å²) in [7, 11) is 0. The van der Waals surface area contributed by atoms with Crippen LogP contribution < -0.4 is 0 Å². The summed E-state index contributed by atoms with van der Waals surface area (Å²) >= 11 is 0. The first kappa shape index (κ1) is 11.8. The van der Waals surface area contributed by atoms with Crippen LogP contribution in [0.25, 0.3) is 0 Å². The first-order chi connectivity index (χ1) is 8.74. The van der Waals surface area contributed by atoms with Crippen molar-refractivity contribution in [2.75, 3.05) is 0 Å². The van der Waals surface area contributed by atoms with Gasteiger partial charge in [-0.05, 0) is 25.7 Å². The molecule has 2 aliphatic carbocycles. The molecule has 4 heteroatoms. The Hall–Kier alpha value is -1.32. The highest BCUT2D eigenvalue weighted by molar-refractivity contribution is 5.70. The van der Waals surface area contributed by atoms with E-state index >= 15 is 0 Å². The summed E-state index contributed by atoms with van der Waals surface area (Å²) in [6.45, 7) is 0. The van der Waals surface area contributed by atoms with Crippen LogP contribution in [0.15, 0.2) is 4.42 Å². The first-order valence-electron chi connectivity index (χ1n) is 6.95. The van der Waals surface area contributed by atoms with E-state index in [4.69, 9.17) is 9.52 Å². The average Bonchev–Trinajstić information content (AvgIpc) is 2.82. The van der Waals surface area contributed by atoms with Crippen LogP contribution in [-0.4, -0.2) is 16.1 Å². The molecule has 0 bridgehead atoms. The number of hydrogen-bond donors (Lipinski definition) is 1. The Morgan fingerprint density at radius 3 is 2.72 bits per heavy atom. The van der Waals surface area contributed by atoms with E-state index in [0.717, 1.165) is 23.8 Å². The number of rotatable bonds is 2. The topological polar surface area (TPSA) is 63.3 Å². The minimum atomic E-state index is -0.712. The maximum Gasteiger partial charge on any atom is 0.306 e. The lowest BCUT2D eigenvalue weighted by Crippen LogP contribution is -2.21. The predicted molar refractivity (Wildman–Crippen MR) is 65.5 cm³/mol. The van der Waals surface area contributed by atoms with Gasteiger partial charge >= 0.3 is 5.97 Å². The lowest BCUT2D eigenvalue weighted by Gasteiger charge is -2.18. The predicted octanol–water partition coefficient (Wildman–Crippen LogP) is 2.91. The number of carboxylic acids is 1. The van der Waals surface area contributed by atoms with Crippen molar-refractivity contribution >= 4 is 5.97 Å². The summed E-state index contributed by atoms with van der Waals surface area (Å²) in [4.78, 5) is 15.6. The molecule has 0 aromatic carbocycles. The van der Waals surface area contributed by atoms with E-state index in [2.05, 4.69) is 4.98 Å². The molecule has 1 fully saturated rings. The zero-order valence-electron chi connectivity index (χ0n) is 10.5. The molecule has 0 radical (unpaired) electrons. The minimum absolute atomic E-state index is 0.287. The summed E-state index contributed by atoms with van der Waals surface area (Å²) in [5, 5.41) is 9.06. The standard InChI is InChI=1S/C14H19NO3/c16-14(17)10-6-7-11-12(8-10)18-13(15-11)9-4-2-1-3-5-9/h9-10H,1-8H2,(H,16,17). The van der Waals surface area contributed by atoms with E-state index in [9.17, 15) is 4.79 Å². The third-order valence-corrected chi connectivity index (χ3v) is 4.26. The number of aromatic nitrogens is 1. The number of carboxylic acid groups (broad SMARTS) is 1. The number of aliphatic carboxylic acids is 1. The fraction of sp³-hybridized carbons (Fsp3) is 0.714. The van der Waals surface area contributed by atoms with Crippen LogP contribution in [-0.2, 0) is 17.6 Å². The summed E-state index contributed by atoms with van der Waals surface area (Å²) in [6.07, 6.45) is 8.14. The van der Waals surface area contributed by atoms with E-state index in [1.807, 2.05) is 0 Å². The van der Waals surface area contributed by atoms with Crippen LogP contribution >= 0.6 is 0 Å². The van der Waals surface area contributed by atoms with Crippen molar-refractivity contribution in [3.8, 4) is 0 Å². The number of aryl methyl sites for hydroxylation is 1. The minimum Gasteiger partial charge on any atom is -0.481 e. The average molecular weight is 249 g/mol. The quantitative estimate of drug-likeness (QED) is 0.875. The molecular formula is C14H19NO3. The van der Waals surface area contributed by atoms with Crippen LogP contribution in [0.2, 0.25) is 0 Å². The Bertz CT molecular complexity index is 446. The first-order valence-corrected chi connectivity index (χ1v) is 6.95. The molecule has 2 aliphatic rings. The van der Waals surface area contributed by atoms with E-state index in [1.165, 1.54) is 32.1 Å². The summed E-state index contributed by atoms with van der Waals surface area (Å²) in [6, 6.07) is 0. The molecule has 98 valence electrons. The second kappa shape index (κ2) is 4.75. The molecule has 0 amide bonds. The molecule has 0 spiro atoms. The van der Waals surface area contributed by atoms with Crippen molar-refractivity contribution < 1.29 is 14.3 Å². The Kier molecular flexibility index (Phi) is 3.10. The third kappa shape index (κ3) is 2.16. The normalized spacial score (nSPS) is 24.8. The number of hydrogen-bond acceptors (Lipinski definition) is 3. The fourth-order valence-electron chi connectivity index (χ4n) is 3.13. The van der Waals surface area contributed by atoms with Gasteiger partial charge in [-0.1, -0.05) is 19.3 Å². The lowest BCUT2D eigenvalue weighted by molar-refractivity contribution is -0.142. The Balaban J connectivity index is 1.78. The highest BCUT2D eigenvalue weighted by atomic mass is 16.4. The van der Waals surface area contributed by atoms with Gasteiger partial charge in [-0.3, -0.25) is 4.79 Å². The third-order valence-electron chi connectivity index (χ3n) is 4.26. The second-order valence-corrected chi connectivity index (χ2v) is 5.53. The van der Waals surface area contributed by atoms with Crippen LogP contribution in [0.1, 0.15) is 61.8 Å². The zero-order chi connectivity index (χ0) is 12.5. The van der Waals surface area contributed by atoms with Gasteiger partial charge in [0.2, 0.25) is 0 Å². The van der Waals surface area contributed by atoms with Crippen molar-refractivity contribution in [2.24, 2.45) is 5.92 Å². The Morgan fingerprint density at radius 2 is 2.00 bits per heavy atom. The fourth-order valence-corrected chi connectivity index (χ4v) is 3.13. The molecule has 1 aromatic heterocycles. The van der Waals surface area contributed by atoms with E-state index in [1.54, 1.807) is 0 Å². The Morgan fingerprint density at radius 1 is 1.22 bits per heavy atom. The monoisotopic (exact) mass is 249 g/mol. The highest BCUT2D eigenvalue weighted by Gasteiger charge is 2.30. The van der Waals surface area contributed by atoms with Gasteiger partial charge in [-0.25, -0.2) is 4.98 Å². The SMILES string of the molecule is O=C(O)C1CCc2nc(C3CCCCC3)oc2C1. The van der Waals surface area contributed by atoms with Gasteiger partial charge in [0.05, 0.1) is 11.6 Å². The number of carbonyl (C=O) groups is 1. The maximum atomic E-state index is 11.0. The van der Waals surface area contributed by atoms with E-state index in [-0.39, 0.29) is 5.92 Å². The Labute approximate surface area is 106 Å². The van der Waals surface area contributed by atoms with Crippen LogP contribution in [0, 0.1) is 5.92 Å². The van der Waals surface area contributed by atoms with Gasteiger partial charge in [0.1, 0.15) is 5.76 Å². The maximum absolute atomic E-state index is 11.0. The van der Waals surface area contributed by atoms with Crippen molar-refractivity contribution in [1.29, 1.82) is 0 Å². The van der Waals surface area contributed by atoms with E-state index in [0.29, 0.717) is 18.8 Å². The zero-order valence-corrected chi connectivity index (χ0v) is 10.5. The molecule has 18 heavy (non-hydrogen) atoms. The van der Waals surface area contributed by atoms with Crippen molar-refractivity contribution in [2.45, 2.75) is 57.3 Å². The van der Waals surface area contributed by atoms with Crippen molar-refractivity contribution in [1.82, 2.24) is 4.98 Å². The molecule has 1 aromatic rings. The van der Waals surface area contributed by atoms with Gasteiger partial charge in [0.15, 0.2) is 5.89 Å². The molecule has 1 unspecified atom stereocenters. The molecular weight excluding hydrogens is 230 g/mol. The van der Waals surface area contributed by atoms with Gasteiger partial charge in [-0.2, -0.15) is 0 Å². The van der Waals surface area contributed by atoms with Crippen molar-refractivity contribution in [3.05, 3.63) is 17.3 Å². The number of fused-ring (bicyclic) bond motifs is 1. The van der Waals surface area contributed by atoms with Gasteiger partial charge in [-0.15, -0.1) is 0 Å². The van der Waals surface area contributed by atoms with Gasteiger partial charge in [0.25, 0.3) is 0 Å². The second-order valence-electron chi connectivity index (χ2n) is 5.53. The molecule has 4 nitrogen and oxygen atoms in total. The molecule has 1 atom stereocenters. The van der Waals surface area contributed by atoms with Crippen LogP contribution in [0.5, 0.6) is 0 Å². The van der Waals surface area contributed by atoms with E-state index < -0.39 is 5.97 Å². The molecule has 1 N–H and O–H groups in total. The number of nitrogens with zero attached hydrogens (tertiary/aromatic N) is 1. The molecule has 0 saturated heterocycles. The summed E-state index contributed by atoms with van der Waals surface area (Å²) in [5.41, 5.74) is 1.01. The summed E-state index contributed by atoms with van der Waals surface area (Å²) < 4.78 is 5.85. The number of oxazole rings is 1. The van der Waals surface area contributed by atoms with Crippen LogP contribution in [0.4, 0.5) is 0 Å². The van der Waals surface area contributed by atoms with Crippen LogP contribution in [0.3, 0.4) is 0 Å². The molecule has 3 rings (SSSR count).